The number of ether oxygens (including phenoxy) is 2. The first-order valence-corrected chi connectivity index (χ1v) is 8.19. The summed E-state index contributed by atoms with van der Waals surface area (Å²) < 4.78 is 12.7. The fourth-order valence-electron chi connectivity index (χ4n) is 2.47. The van der Waals surface area contributed by atoms with Gasteiger partial charge in [0.15, 0.2) is 0 Å². The van der Waals surface area contributed by atoms with Crippen molar-refractivity contribution < 1.29 is 14.3 Å². The summed E-state index contributed by atoms with van der Waals surface area (Å²) in [4.78, 5) is 12.0. The van der Waals surface area contributed by atoms with Crippen molar-refractivity contribution >= 4 is 17.2 Å². The van der Waals surface area contributed by atoms with Gasteiger partial charge < -0.3 is 14.8 Å². The maximum absolute atomic E-state index is 12.0. The third kappa shape index (κ3) is 3.37. The average molecular weight is 321 g/mol. The summed E-state index contributed by atoms with van der Waals surface area (Å²) >= 11 is 1.51. The largest absolute Gasteiger partial charge is 0.383 e. The molecule has 3 heterocycles. The standard InChI is InChI=1S/C15H19N3O3S/c1-20-6-4-18-9-11-2-5-21-13(14(11)17-18)8-16-15(19)12-3-7-22-10-12/h3,7,9-10,13H,2,4-6,8H2,1H3,(H,16,19). The van der Waals surface area contributed by atoms with E-state index in [-0.39, 0.29) is 12.0 Å². The average Bonchev–Trinajstić information content (AvgIpc) is 3.19. The van der Waals surface area contributed by atoms with Crippen LogP contribution in [0.25, 0.3) is 0 Å². The molecule has 118 valence electrons. The van der Waals surface area contributed by atoms with Crippen LogP contribution in [0.5, 0.6) is 0 Å². The molecule has 0 saturated heterocycles. The van der Waals surface area contributed by atoms with Crippen LogP contribution in [0.1, 0.15) is 27.7 Å². The Morgan fingerprint density at radius 1 is 1.64 bits per heavy atom. The number of fused-ring (bicyclic) bond motifs is 1. The highest BCUT2D eigenvalue weighted by Crippen LogP contribution is 2.25. The molecule has 2 aromatic heterocycles. The smallest absolute Gasteiger partial charge is 0.252 e. The second kappa shape index (κ2) is 7.04. The van der Waals surface area contributed by atoms with E-state index < -0.39 is 0 Å². The second-order valence-electron chi connectivity index (χ2n) is 5.13. The maximum atomic E-state index is 12.0. The molecule has 3 rings (SSSR count). The van der Waals surface area contributed by atoms with E-state index in [9.17, 15) is 4.79 Å². The van der Waals surface area contributed by atoms with Gasteiger partial charge in [-0.25, -0.2) is 0 Å². The minimum absolute atomic E-state index is 0.0733. The molecule has 6 nitrogen and oxygen atoms in total. The summed E-state index contributed by atoms with van der Waals surface area (Å²) in [6, 6.07) is 1.81. The van der Waals surface area contributed by atoms with Crippen molar-refractivity contribution in [2.24, 2.45) is 0 Å². The summed E-state index contributed by atoms with van der Waals surface area (Å²) in [5, 5.41) is 11.2. The van der Waals surface area contributed by atoms with Gasteiger partial charge in [0.1, 0.15) is 6.10 Å². The zero-order valence-corrected chi connectivity index (χ0v) is 13.3. The summed E-state index contributed by atoms with van der Waals surface area (Å²) in [6.07, 6.45) is 2.72. The Hall–Kier alpha value is -1.70. The Labute approximate surface area is 133 Å². The minimum atomic E-state index is -0.185. The summed E-state index contributed by atoms with van der Waals surface area (Å²) in [5.74, 6) is -0.0733. The van der Waals surface area contributed by atoms with Gasteiger partial charge in [-0.1, -0.05) is 0 Å². The molecule has 0 aromatic carbocycles. The highest BCUT2D eigenvalue weighted by molar-refractivity contribution is 7.08. The lowest BCUT2D eigenvalue weighted by molar-refractivity contribution is 0.0382. The third-order valence-electron chi connectivity index (χ3n) is 3.62. The highest BCUT2D eigenvalue weighted by Gasteiger charge is 2.25. The van der Waals surface area contributed by atoms with E-state index in [2.05, 4.69) is 10.4 Å². The molecule has 0 spiro atoms. The van der Waals surface area contributed by atoms with Crippen LogP contribution in [-0.4, -0.2) is 42.6 Å². The lowest BCUT2D eigenvalue weighted by Crippen LogP contribution is -2.31. The van der Waals surface area contributed by atoms with E-state index in [0.29, 0.717) is 25.3 Å². The molecule has 0 aliphatic carbocycles. The van der Waals surface area contributed by atoms with E-state index in [1.165, 1.54) is 16.9 Å². The van der Waals surface area contributed by atoms with E-state index in [1.807, 2.05) is 27.7 Å². The first-order valence-electron chi connectivity index (χ1n) is 7.25. The van der Waals surface area contributed by atoms with Crippen LogP contribution >= 0.6 is 11.3 Å². The number of thiophene rings is 1. The molecule has 0 bridgehead atoms. The minimum Gasteiger partial charge on any atom is -0.383 e. The van der Waals surface area contributed by atoms with Crippen molar-refractivity contribution in [1.29, 1.82) is 0 Å². The summed E-state index contributed by atoms with van der Waals surface area (Å²) in [5.41, 5.74) is 2.80. The van der Waals surface area contributed by atoms with Crippen LogP contribution in [0.2, 0.25) is 0 Å². The molecule has 1 amide bonds. The predicted molar refractivity (Wildman–Crippen MR) is 83.2 cm³/mol. The van der Waals surface area contributed by atoms with Gasteiger partial charge in [0.05, 0.1) is 25.5 Å². The normalized spacial score (nSPS) is 17.2. The molecule has 0 radical (unpaired) electrons. The van der Waals surface area contributed by atoms with Gasteiger partial charge in [0.2, 0.25) is 0 Å². The van der Waals surface area contributed by atoms with Crippen LogP contribution in [0, 0.1) is 0 Å². The number of aromatic nitrogens is 2. The lowest BCUT2D eigenvalue weighted by Gasteiger charge is -2.22. The van der Waals surface area contributed by atoms with E-state index in [4.69, 9.17) is 9.47 Å². The molecule has 2 aromatic rings. The van der Waals surface area contributed by atoms with Gasteiger partial charge in [-0.15, -0.1) is 0 Å². The second-order valence-corrected chi connectivity index (χ2v) is 5.91. The van der Waals surface area contributed by atoms with Gasteiger partial charge in [-0.2, -0.15) is 16.4 Å². The number of methoxy groups -OCH3 is 1. The molecule has 22 heavy (non-hydrogen) atoms. The number of nitrogens with zero attached hydrogens (tertiary/aromatic N) is 2. The fourth-order valence-corrected chi connectivity index (χ4v) is 3.10. The van der Waals surface area contributed by atoms with Crippen molar-refractivity contribution in [1.82, 2.24) is 15.1 Å². The number of nitrogens with one attached hydrogen (secondary N) is 1. The van der Waals surface area contributed by atoms with Gasteiger partial charge >= 0.3 is 0 Å². The molecule has 1 aliphatic rings. The van der Waals surface area contributed by atoms with Crippen LogP contribution in [-0.2, 0) is 22.4 Å². The number of carbonyl (C=O) groups is 1. The molecule has 0 saturated carbocycles. The SMILES string of the molecule is COCCn1cc2c(n1)C(CNC(=O)c1ccsc1)OCC2. The number of rotatable bonds is 6. The van der Waals surface area contributed by atoms with Gasteiger partial charge in [-0.3, -0.25) is 9.48 Å². The third-order valence-corrected chi connectivity index (χ3v) is 4.30. The molecule has 1 N–H and O–H groups in total. The van der Waals surface area contributed by atoms with Gasteiger partial charge in [0.25, 0.3) is 5.91 Å². The predicted octanol–water partition coefficient (Wildman–Crippen LogP) is 1.63. The van der Waals surface area contributed by atoms with Crippen LogP contribution in [0.3, 0.4) is 0 Å². The monoisotopic (exact) mass is 321 g/mol. The van der Waals surface area contributed by atoms with Crippen molar-refractivity contribution in [3.05, 3.63) is 39.8 Å². The van der Waals surface area contributed by atoms with Crippen molar-refractivity contribution in [3.8, 4) is 0 Å². The Kier molecular flexibility index (Phi) is 4.87. The van der Waals surface area contributed by atoms with Crippen LogP contribution in [0.15, 0.2) is 23.0 Å². The summed E-state index contributed by atoms with van der Waals surface area (Å²) in [6.45, 7) is 2.43. The number of hydrogen-bond acceptors (Lipinski definition) is 5. The van der Waals surface area contributed by atoms with E-state index >= 15 is 0 Å². The lowest BCUT2D eigenvalue weighted by atomic mass is 10.1. The molecule has 1 unspecified atom stereocenters. The van der Waals surface area contributed by atoms with Gasteiger partial charge in [0, 0.05) is 30.8 Å². The molecule has 7 heteroatoms. The molecule has 0 fully saturated rings. The molecule has 1 aliphatic heterocycles. The van der Waals surface area contributed by atoms with Crippen molar-refractivity contribution in [2.75, 3.05) is 26.9 Å². The first kappa shape index (κ1) is 15.2. The Morgan fingerprint density at radius 3 is 3.32 bits per heavy atom. The van der Waals surface area contributed by atoms with Crippen LogP contribution in [0.4, 0.5) is 0 Å². The maximum Gasteiger partial charge on any atom is 0.252 e. The molecular weight excluding hydrogens is 302 g/mol. The highest BCUT2D eigenvalue weighted by atomic mass is 32.1. The zero-order valence-electron chi connectivity index (χ0n) is 12.4. The number of carbonyl (C=O) groups excluding carboxylic acids is 1. The Morgan fingerprint density at radius 2 is 2.55 bits per heavy atom. The van der Waals surface area contributed by atoms with Crippen molar-refractivity contribution in [2.45, 2.75) is 19.1 Å². The number of amides is 1. The van der Waals surface area contributed by atoms with E-state index in [0.717, 1.165) is 18.7 Å². The Balaban J connectivity index is 1.64. The van der Waals surface area contributed by atoms with Gasteiger partial charge in [-0.05, 0) is 23.4 Å². The number of hydrogen-bond donors (Lipinski definition) is 1. The first-order chi connectivity index (χ1) is 10.8. The van der Waals surface area contributed by atoms with E-state index in [1.54, 1.807) is 7.11 Å². The van der Waals surface area contributed by atoms with Crippen LogP contribution < -0.4 is 5.32 Å². The topological polar surface area (TPSA) is 65.4 Å². The quantitative estimate of drug-likeness (QED) is 0.878. The summed E-state index contributed by atoms with van der Waals surface area (Å²) in [7, 11) is 1.68. The zero-order chi connectivity index (χ0) is 15.4. The molecule has 1 atom stereocenters. The molecular formula is C15H19N3O3S. The Bertz CT molecular complexity index is 624. The fraction of sp³-hybridized carbons (Fsp3) is 0.467. The van der Waals surface area contributed by atoms with Crippen molar-refractivity contribution in [3.63, 3.8) is 0 Å².